The van der Waals surface area contributed by atoms with Gasteiger partial charge in [0.05, 0.1) is 18.8 Å². The second-order valence-corrected chi connectivity index (χ2v) is 5.19. The fraction of sp³-hybridized carbons (Fsp3) is 0.429. The summed E-state index contributed by atoms with van der Waals surface area (Å²) in [5, 5.41) is 2.75. The maximum absolute atomic E-state index is 13.6. The van der Waals surface area contributed by atoms with Gasteiger partial charge in [-0.05, 0) is 25.1 Å². The van der Waals surface area contributed by atoms with Crippen molar-refractivity contribution in [3.05, 3.63) is 34.6 Å². The van der Waals surface area contributed by atoms with Crippen LogP contribution in [0.4, 0.5) is 4.39 Å². The second-order valence-electron chi connectivity index (χ2n) is 4.76. The Kier molecular flexibility index (Phi) is 5.14. The van der Waals surface area contributed by atoms with Crippen molar-refractivity contribution in [1.82, 2.24) is 10.2 Å². The van der Waals surface area contributed by atoms with Crippen LogP contribution in [0.5, 0.6) is 0 Å². The number of nitrogens with zero attached hydrogens (tertiary/aromatic N) is 1. The van der Waals surface area contributed by atoms with E-state index in [4.69, 9.17) is 16.3 Å². The molecule has 7 heteroatoms. The van der Waals surface area contributed by atoms with Gasteiger partial charge in [0.2, 0.25) is 5.91 Å². The Morgan fingerprint density at radius 3 is 2.71 bits per heavy atom. The van der Waals surface area contributed by atoms with Crippen LogP contribution in [0, 0.1) is 5.82 Å². The minimum atomic E-state index is -0.742. The van der Waals surface area contributed by atoms with E-state index >= 15 is 0 Å². The summed E-state index contributed by atoms with van der Waals surface area (Å²) >= 11 is 5.75. The number of amides is 2. The van der Waals surface area contributed by atoms with Crippen LogP contribution in [0.3, 0.4) is 0 Å². The SMILES string of the molecule is C[C@H](NC(=O)c1cc(Cl)ccc1F)C(=O)N1CCOCC1. The van der Waals surface area contributed by atoms with Crippen molar-refractivity contribution in [2.75, 3.05) is 26.3 Å². The van der Waals surface area contributed by atoms with Gasteiger partial charge in [-0.1, -0.05) is 11.6 Å². The summed E-state index contributed by atoms with van der Waals surface area (Å²) in [6.45, 7) is 3.51. The Morgan fingerprint density at radius 2 is 2.05 bits per heavy atom. The minimum absolute atomic E-state index is 0.177. The number of hydrogen-bond donors (Lipinski definition) is 1. The Labute approximate surface area is 127 Å². The van der Waals surface area contributed by atoms with Gasteiger partial charge >= 0.3 is 0 Å². The van der Waals surface area contributed by atoms with Crippen molar-refractivity contribution in [2.24, 2.45) is 0 Å². The molecule has 1 fully saturated rings. The van der Waals surface area contributed by atoms with Gasteiger partial charge in [-0.15, -0.1) is 0 Å². The number of benzene rings is 1. The first-order valence-corrected chi connectivity index (χ1v) is 6.99. The number of halogens is 2. The number of hydrogen-bond acceptors (Lipinski definition) is 3. The van der Waals surface area contributed by atoms with E-state index in [1.54, 1.807) is 11.8 Å². The maximum atomic E-state index is 13.6. The smallest absolute Gasteiger partial charge is 0.254 e. The van der Waals surface area contributed by atoms with Crippen molar-refractivity contribution >= 4 is 23.4 Å². The Morgan fingerprint density at radius 1 is 1.38 bits per heavy atom. The quantitative estimate of drug-likeness (QED) is 0.919. The van der Waals surface area contributed by atoms with Crippen LogP contribution in [-0.2, 0) is 9.53 Å². The molecule has 2 rings (SSSR count). The number of rotatable bonds is 3. The summed E-state index contributed by atoms with van der Waals surface area (Å²) in [4.78, 5) is 25.8. The van der Waals surface area contributed by atoms with Gasteiger partial charge < -0.3 is 15.0 Å². The molecule has 1 aromatic carbocycles. The van der Waals surface area contributed by atoms with Crippen LogP contribution in [0.25, 0.3) is 0 Å². The van der Waals surface area contributed by atoms with E-state index in [-0.39, 0.29) is 16.5 Å². The lowest BCUT2D eigenvalue weighted by Gasteiger charge is -2.29. The first-order chi connectivity index (χ1) is 9.99. The largest absolute Gasteiger partial charge is 0.378 e. The van der Waals surface area contributed by atoms with E-state index in [0.717, 1.165) is 6.07 Å². The van der Waals surface area contributed by atoms with Crippen molar-refractivity contribution in [3.63, 3.8) is 0 Å². The predicted octanol–water partition coefficient (Wildman–Crippen LogP) is 1.46. The summed E-state index contributed by atoms with van der Waals surface area (Å²) in [6.07, 6.45) is 0. The first-order valence-electron chi connectivity index (χ1n) is 6.61. The van der Waals surface area contributed by atoms with Crippen LogP contribution in [-0.4, -0.2) is 49.1 Å². The Hall–Kier alpha value is -1.66. The lowest BCUT2D eigenvalue weighted by Crippen LogP contribution is -2.50. The molecule has 0 aliphatic carbocycles. The van der Waals surface area contributed by atoms with Crippen molar-refractivity contribution in [1.29, 1.82) is 0 Å². The lowest BCUT2D eigenvalue weighted by atomic mass is 10.1. The van der Waals surface area contributed by atoms with Crippen LogP contribution in [0.2, 0.25) is 5.02 Å². The van der Waals surface area contributed by atoms with Crippen LogP contribution < -0.4 is 5.32 Å². The predicted molar refractivity (Wildman–Crippen MR) is 75.7 cm³/mol. The van der Waals surface area contributed by atoms with Gasteiger partial charge in [-0.2, -0.15) is 0 Å². The third-order valence-corrected chi connectivity index (χ3v) is 3.45. The number of carbonyl (C=O) groups is 2. The minimum Gasteiger partial charge on any atom is -0.378 e. The monoisotopic (exact) mass is 314 g/mol. The van der Waals surface area contributed by atoms with Crippen LogP contribution in [0.15, 0.2) is 18.2 Å². The summed E-state index contributed by atoms with van der Waals surface area (Å²) in [7, 11) is 0. The van der Waals surface area contributed by atoms with Crippen molar-refractivity contribution in [2.45, 2.75) is 13.0 Å². The van der Waals surface area contributed by atoms with E-state index in [2.05, 4.69) is 5.32 Å². The van der Waals surface area contributed by atoms with E-state index < -0.39 is 17.8 Å². The number of nitrogens with one attached hydrogen (secondary N) is 1. The molecule has 1 heterocycles. The number of morpholine rings is 1. The summed E-state index contributed by atoms with van der Waals surface area (Å²) in [6, 6.07) is 2.97. The molecule has 114 valence electrons. The van der Waals surface area contributed by atoms with Gasteiger partial charge in [0.15, 0.2) is 0 Å². The van der Waals surface area contributed by atoms with Gasteiger partial charge in [-0.25, -0.2) is 4.39 Å². The van der Waals surface area contributed by atoms with Gasteiger partial charge in [0.25, 0.3) is 5.91 Å². The van der Waals surface area contributed by atoms with E-state index in [1.165, 1.54) is 12.1 Å². The molecule has 1 aliphatic rings. The molecule has 1 atom stereocenters. The Bertz CT molecular complexity index is 547. The highest BCUT2D eigenvalue weighted by Gasteiger charge is 2.24. The number of ether oxygens (including phenoxy) is 1. The molecule has 21 heavy (non-hydrogen) atoms. The standard InChI is InChI=1S/C14H16ClFN2O3/c1-9(14(20)18-4-6-21-7-5-18)17-13(19)11-8-10(15)2-3-12(11)16/h2-3,8-9H,4-7H2,1H3,(H,17,19)/t9-/m0/s1. The summed E-state index contributed by atoms with van der Waals surface area (Å²) < 4.78 is 18.8. The first kappa shape index (κ1) is 15.7. The molecule has 0 bridgehead atoms. The fourth-order valence-electron chi connectivity index (χ4n) is 2.07. The molecule has 2 amide bonds. The molecule has 1 N–H and O–H groups in total. The zero-order valence-corrected chi connectivity index (χ0v) is 12.3. The van der Waals surface area contributed by atoms with E-state index in [9.17, 15) is 14.0 Å². The van der Waals surface area contributed by atoms with Crippen LogP contribution in [0.1, 0.15) is 17.3 Å². The zero-order valence-electron chi connectivity index (χ0n) is 11.6. The molecule has 0 saturated carbocycles. The topological polar surface area (TPSA) is 58.6 Å². The molecular formula is C14H16ClFN2O3. The lowest BCUT2D eigenvalue weighted by molar-refractivity contribution is -0.136. The molecule has 5 nitrogen and oxygen atoms in total. The molecule has 0 radical (unpaired) electrons. The third-order valence-electron chi connectivity index (χ3n) is 3.21. The molecule has 1 aromatic rings. The Balaban J connectivity index is 2.01. The van der Waals surface area contributed by atoms with E-state index in [0.29, 0.717) is 26.3 Å². The molecule has 1 saturated heterocycles. The maximum Gasteiger partial charge on any atom is 0.254 e. The highest BCUT2D eigenvalue weighted by Crippen LogP contribution is 2.15. The van der Waals surface area contributed by atoms with Gasteiger partial charge in [-0.3, -0.25) is 9.59 Å². The molecule has 0 spiro atoms. The zero-order chi connectivity index (χ0) is 15.4. The number of carbonyl (C=O) groups excluding carboxylic acids is 2. The fourth-order valence-corrected chi connectivity index (χ4v) is 2.24. The van der Waals surface area contributed by atoms with Gasteiger partial charge in [0, 0.05) is 18.1 Å². The summed E-state index contributed by atoms with van der Waals surface area (Å²) in [5.41, 5.74) is -0.177. The van der Waals surface area contributed by atoms with Crippen molar-refractivity contribution < 1.29 is 18.7 Å². The highest BCUT2D eigenvalue weighted by molar-refractivity contribution is 6.31. The van der Waals surface area contributed by atoms with Gasteiger partial charge in [0.1, 0.15) is 11.9 Å². The summed E-state index contributed by atoms with van der Waals surface area (Å²) in [5.74, 6) is -1.55. The van der Waals surface area contributed by atoms with Crippen molar-refractivity contribution in [3.8, 4) is 0 Å². The third kappa shape index (κ3) is 3.92. The average molecular weight is 315 g/mol. The molecular weight excluding hydrogens is 299 g/mol. The van der Waals surface area contributed by atoms with E-state index in [1.807, 2.05) is 0 Å². The molecule has 0 unspecified atom stereocenters. The molecule has 1 aliphatic heterocycles. The highest BCUT2D eigenvalue weighted by atomic mass is 35.5. The molecule has 0 aromatic heterocycles. The second kappa shape index (κ2) is 6.87. The normalized spacial score (nSPS) is 16.4. The van der Waals surface area contributed by atoms with Crippen LogP contribution >= 0.6 is 11.6 Å². The average Bonchev–Trinajstić information content (AvgIpc) is 2.49.